The Morgan fingerprint density at radius 2 is 2.00 bits per heavy atom. The number of benzene rings is 2. The van der Waals surface area contributed by atoms with E-state index in [4.69, 9.17) is 4.74 Å². The van der Waals surface area contributed by atoms with Gasteiger partial charge in [0.15, 0.2) is 0 Å². The Balaban J connectivity index is 1.68. The van der Waals surface area contributed by atoms with E-state index in [2.05, 4.69) is 15.4 Å². The van der Waals surface area contributed by atoms with Crippen molar-refractivity contribution in [2.45, 2.75) is 19.3 Å². The van der Waals surface area contributed by atoms with E-state index in [1.54, 1.807) is 7.11 Å². The standard InChI is InChI=1S/C20H22FN3O2/c1-26-19-13-18(24-10-3-2-4-11-24)9-8-16(19)14-22-23-20(25)15-6-5-7-17(21)12-15/h5-9,12-14H,2-4,10-11H2,1H3,(H,23,25)/b22-14-. The summed E-state index contributed by atoms with van der Waals surface area (Å²) >= 11 is 0. The third-order valence-corrected chi connectivity index (χ3v) is 4.39. The third kappa shape index (κ3) is 4.39. The van der Waals surface area contributed by atoms with E-state index < -0.39 is 11.7 Å². The summed E-state index contributed by atoms with van der Waals surface area (Å²) in [6, 6.07) is 11.4. The Morgan fingerprint density at radius 3 is 2.73 bits per heavy atom. The molecule has 3 rings (SSSR count). The van der Waals surface area contributed by atoms with Crippen LogP contribution in [0, 0.1) is 5.82 Å². The van der Waals surface area contributed by atoms with Gasteiger partial charge in [-0.15, -0.1) is 0 Å². The van der Waals surface area contributed by atoms with Crippen molar-refractivity contribution in [3.05, 3.63) is 59.4 Å². The van der Waals surface area contributed by atoms with E-state index in [1.165, 1.54) is 49.7 Å². The number of hydrogen-bond donors (Lipinski definition) is 1. The molecular formula is C20H22FN3O2. The molecule has 1 fully saturated rings. The van der Waals surface area contributed by atoms with E-state index in [1.807, 2.05) is 18.2 Å². The van der Waals surface area contributed by atoms with Gasteiger partial charge in [-0.05, 0) is 49.6 Å². The van der Waals surface area contributed by atoms with E-state index in [-0.39, 0.29) is 5.56 Å². The van der Waals surface area contributed by atoms with Crippen LogP contribution >= 0.6 is 0 Å². The van der Waals surface area contributed by atoms with Crippen LogP contribution in [0.2, 0.25) is 0 Å². The topological polar surface area (TPSA) is 53.9 Å². The minimum absolute atomic E-state index is 0.217. The molecule has 1 N–H and O–H groups in total. The van der Waals surface area contributed by atoms with Crippen LogP contribution in [0.5, 0.6) is 5.75 Å². The van der Waals surface area contributed by atoms with Crippen LogP contribution in [0.3, 0.4) is 0 Å². The lowest BCUT2D eigenvalue weighted by Crippen LogP contribution is -2.29. The predicted molar refractivity (Wildman–Crippen MR) is 101 cm³/mol. The molecule has 2 aromatic rings. The number of amides is 1. The second-order valence-electron chi connectivity index (χ2n) is 6.18. The quantitative estimate of drug-likeness (QED) is 0.659. The van der Waals surface area contributed by atoms with Crippen LogP contribution < -0.4 is 15.1 Å². The molecule has 1 heterocycles. The van der Waals surface area contributed by atoms with Crippen LogP contribution in [-0.4, -0.2) is 32.3 Å². The first-order chi connectivity index (χ1) is 12.7. The van der Waals surface area contributed by atoms with Crippen LogP contribution in [0.15, 0.2) is 47.6 Å². The molecule has 0 saturated carbocycles. The summed E-state index contributed by atoms with van der Waals surface area (Å²) in [5.41, 5.74) is 4.50. The van der Waals surface area contributed by atoms with Gasteiger partial charge in [0.05, 0.1) is 13.3 Å². The number of hydrazone groups is 1. The zero-order valence-electron chi connectivity index (χ0n) is 14.7. The van der Waals surface area contributed by atoms with Gasteiger partial charge in [0.2, 0.25) is 0 Å². The lowest BCUT2D eigenvalue weighted by molar-refractivity contribution is 0.0954. The number of ether oxygens (including phenoxy) is 1. The highest BCUT2D eigenvalue weighted by Crippen LogP contribution is 2.26. The number of piperidine rings is 1. The maximum atomic E-state index is 13.2. The minimum atomic E-state index is -0.468. The summed E-state index contributed by atoms with van der Waals surface area (Å²) in [4.78, 5) is 14.3. The molecule has 2 aromatic carbocycles. The molecule has 0 radical (unpaired) electrons. The van der Waals surface area contributed by atoms with Gasteiger partial charge in [0.25, 0.3) is 5.91 Å². The van der Waals surface area contributed by atoms with Gasteiger partial charge in [-0.1, -0.05) is 6.07 Å². The summed E-state index contributed by atoms with van der Waals surface area (Å²) in [6.07, 6.45) is 5.22. The van der Waals surface area contributed by atoms with Gasteiger partial charge in [-0.2, -0.15) is 5.10 Å². The molecule has 0 unspecified atom stereocenters. The first-order valence-corrected chi connectivity index (χ1v) is 8.69. The molecule has 26 heavy (non-hydrogen) atoms. The van der Waals surface area contributed by atoms with Crippen LogP contribution in [0.4, 0.5) is 10.1 Å². The minimum Gasteiger partial charge on any atom is -0.496 e. The molecule has 1 aliphatic heterocycles. The number of methoxy groups -OCH3 is 1. The zero-order chi connectivity index (χ0) is 18.4. The molecule has 1 amide bonds. The van der Waals surface area contributed by atoms with Crippen molar-refractivity contribution >= 4 is 17.8 Å². The summed E-state index contributed by atoms with van der Waals surface area (Å²) < 4.78 is 18.6. The van der Waals surface area contributed by atoms with E-state index >= 15 is 0 Å². The molecule has 0 atom stereocenters. The summed E-state index contributed by atoms with van der Waals surface area (Å²) in [5.74, 6) is -0.238. The molecule has 6 heteroatoms. The van der Waals surface area contributed by atoms with Crippen molar-refractivity contribution < 1.29 is 13.9 Å². The summed E-state index contributed by atoms with van der Waals surface area (Å²) in [5, 5.41) is 3.96. The van der Waals surface area contributed by atoms with Crippen LogP contribution in [0.1, 0.15) is 35.2 Å². The van der Waals surface area contributed by atoms with Gasteiger partial charge < -0.3 is 9.64 Å². The molecule has 0 bridgehead atoms. The molecule has 1 aliphatic rings. The van der Waals surface area contributed by atoms with Crippen molar-refractivity contribution in [2.24, 2.45) is 5.10 Å². The maximum absolute atomic E-state index is 13.2. The average Bonchev–Trinajstić information content (AvgIpc) is 2.68. The fraction of sp³-hybridized carbons (Fsp3) is 0.300. The largest absolute Gasteiger partial charge is 0.496 e. The molecule has 0 spiro atoms. The lowest BCUT2D eigenvalue weighted by atomic mass is 10.1. The highest BCUT2D eigenvalue weighted by Gasteiger charge is 2.13. The predicted octanol–water partition coefficient (Wildman–Crippen LogP) is 3.59. The average molecular weight is 355 g/mol. The van der Waals surface area contributed by atoms with Crippen LogP contribution in [0.25, 0.3) is 0 Å². The number of nitrogens with zero attached hydrogens (tertiary/aromatic N) is 2. The van der Waals surface area contributed by atoms with E-state index in [0.717, 1.165) is 24.3 Å². The van der Waals surface area contributed by atoms with E-state index in [9.17, 15) is 9.18 Å². The molecular weight excluding hydrogens is 333 g/mol. The Labute approximate surface area is 152 Å². The Kier molecular flexibility index (Phi) is 5.84. The highest BCUT2D eigenvalue weighted by molar-refractivity contribution is 5.95. The monoisotopic (exact) mass is 355 g/mol. The second kappa shape index (κ2) is 8.47. The number of anilines is 1. The van der Waals surface area contributed by atoms with Crippen molar-refractivity contribution in [2.75, 3.05) is 25.1 Å². The number of carbonyl (C=O) groups is 1. The number of halogens is 1. The zero-order valence-corrected chi connectivity index (χ0v) is 14.7. The first kappa shape index (κ1) is 17.9. The number of hydrogen-bond acceptors (Lipinski definition) is 4. The number of nitrogens with one attached hydrogen (secondary N) is 1. The SMILES string of the molecule is COc1cc(N2CCCCC2)ccc1/C=N\NC(=O)c1cccc(F)c1. The van der Waals surface area contributed by atoms with Gasteiger partial charge in [0.1, 0.15) is 11.6 Å². The Hall–Kier alpha value is -2.89. The molecule has 5 nitrogen and oxygen atoms in total. The lowest BCUT2D eigenvalue weighted by Gasteiger charge is -2.29. The molecule has 0 aromatic heterocycles. The molecule has 0 aliphatic carbocycles. The normalized spacial score (nSPS) is 14.5. The van der Waals surface area contributed by atoms with Crippen molar-refractivity contribution in [1.82, 2.24) is 5.43 Å². The molecule has 136 valence electrons. The third-order valence-electron chi connectivity index (χ3n) is 4.39. The summed E-state index contributed by atoms with van der Waals surface area (Å²) in [6.45, 7) is 2.11. The number of carbonyl (C=O) groups excluding carboxylic acids is 1. The number of rotatable bonds is 5. The van der Waals surface area contributed by atoms with Gasteiger partial charge in [-0.25, -0.2) is 9.82 Å². The van der Waals surface area contributed by atoms with Gasteiger partial charge in [-0.3, -0.25) is 4.79 Å². The fourth-order valence-corrected chi connectivity index (χ4v) is 3.01. The first-order valence-electron chi connectivity index (χ1n) is 8.69. The van der Waals surface area contributed by atoms with Crippen molar-refractivity contribution in [3.8, 4) is 5.75 Å². The maximum Gasteiger partial charge on any atom is 0.271 e. The summed E-state index contributed by atoms with van der Waals surface area (Å²) in [7, 11) is 1.61. The van der Waals surface area contributed by atoms with Crippen molar-refractivity contribution in [3.63, 3.8) is 0 Å². The smallest absolute Gasteiger partial charge is 0.271 e. The highest BCUT2D eigenvalue weighted by atomic mass is 19.1. The van der Waals surface area contributed by atoms with Crippen molar-refractivity contribution in [1.29, 1.82) is 0 Å². The Morgan fingerprint density at radius 1 is 1.19 bits per heavy atom. The Bertz CT molecular complexity index is 801. The molecule has 1 saturated heterocycles. The van der Waals surface area contributed by atoms with Gasteiger partial charge in [0, 0.05) is 36.0 Å². The van der Waals surface area contributed by atoms with E-state index in [0.29, 0.717) is 5.75 Å². The van der Waals surface area contributed by atoms with Gasteiger partial charge >= 0.3 is 0 Å². The second-order valence-corrected chi connectivity index (χ2v) is 6.18. The fourth-order valence-electron chi connectivity index (χ4n) is 3.01. The van der Waals surface area contributed by atoms with Crippen LogP contribution in [-0.2, 0) is 0 Å².